The second kappa shape index (κ2) is 3.46. The van der Waals surface area contributed by atoms with Gasteiger partial charge in [-0.3, -0.25) is 0 Å². The van der Waals surface area contributed by atoms with Crippen LogP contribution in [0, 0.1) is 0 Å². The van der Waals surface area contributed by atoms with Gasteiger partial charge in [0.25, 0.3) is 0 Å². The van der Waals surface area contributed by atoms with Crippen LogP contribution in [0.25, 0.3) is 0 Å². The van der Waals surface area contributed by atoms with E-state index >= 15 is 0 Å². The van der Waals surface area contributed by atoms with Gasteiger partial charge in [0.15, 0.2) is 0 Å². The Morgan fingerprint density at radius 2 is 2.54 bits per heavy atom. The van der Waals surface area contributed by atoms with E-state index in [0.29, 0.717) is 6.61 Å². The Bertz CT molecular complexity index is 313. The van der Waals surface area contributed by atoms with Crippen molar-refractivity contribution in [1.29, 1.82) is 0 Å². The van der Waals surface area contributed by atoms with Gasteiger partial charge in [-0.05, 0) is 26.2 Å². The highest BCUT2D eigenvalue weighted by atomic mass is 31.0. The molecular formula is C8H11N2O2P. The number of aryl methyl sites for hydroxylation is 2. The SMILES string of the molecule is CCOC(=O)n1nc2c(p1)CCC2. The standard InChI is InChI=1S/C8H11N2O2P/c1-2-12-8(11)10-9-6-4-3-5-7(6)13-10/h2-5H2,1H3. The van der Waals surface area contributed by atoms with Gasteiger partial charge in [-0.25, -0.2) is 4.79 Å². The molecule has 0 amide bonds. The summed E-state index contributed by atoms with van der Waals surface area (Å²) in [7, 11) is 0.898. The summed E-state index contributed by atoms with van der Waals surface area (Å²) in [5, 5.41) is 5.48. The number of nitrogens with zero attached hydrogens (tertiary/aromatic N) is 2. The average Bonchev–Trinajstić information content (AvgIpc) is 2.61. The summed E-state index contributed by atoms with van der Waals surface area (Å²) in [5.41, 5.74) is 1.09. The predicted octanol–water partition coefficient (Wildman–Crippen LogP) is 1.96. The Balaban J connectivity index is 2.18. The molecule has 0 aliphatic heterocycles. The highest BCUT2D eigenvalue weighted by molar-refractivity contribution is 7.27. The van der Waals surface area contributed by atoms with E-state index < -0.39 is 0 Å². The predicted molar refractivity (Wildman–Crippen MR) is 49.2 cm³/mol. The van der Waals surface area contributed by atoms with Crippen LogP contribution in [0.2, 0.25) is 0 Å². The average molecular weight is 198 g/mol. The molecule has 4 nitrogen and oxygen atoms in total. The van der Waals surface area contributed by atoms with Crippen LogP contribution in [0.5, 0.6) is 0 Å². The number of carbonyl (C=O) groups is 1. The molecule has 0 radical (unpaired) electrons. The van der Waals surface area contributed by atoms with Crippen LogP contribution in [0.3, 0.4) is 0 Å². The summed E-state index contributed by atoms with van der Waals surface area (Å²) in [5.74, 6) is 0. The fourth-order valence-electron chi connectivity index (χ4n) is 1.44. The number of aromatic nitrogens is 2. The zero-order valence-electron chi connectivity index (χ0n) is 7.49. The number of carbonyl (C=O) groups excluding carboxylic acids is 1. The zero-order valence-corrected chi connectivity index (χ0v) is 8.38. The molecule has 0 N–H and O–H groups in total. The fraction of sp³-hybridized carbons (Fsp3) is 0.625. The quantitative estimate of drug-likeness (QED) is 0.692. The van der Waals surface area contributed by atoms with E-state index in [4.69, 9.17) is 4.74 Å². The first-order chi connectivity index (χ1) is 6.31. The summed E-state index contributed by atoms with van der Waals surface area (Å²) in [4.78, 5) is 11.3. The Morgan fingerprint density at radius 1 is 1.69 bits per heavy atom. The molecule has 0 atom stereocenters. The molecule has 1 aliphatic rings. The molecular weight excluding hydrogens is 187 g/mol. The molecule has 0 spiro atoms. The summed E-state index contributed by atoms with van der Waals surface area (Å²) >= 11 is 0. The third kappa shape index (κ3) is 1.59. The van der Waals surface area contributed by atoms with Crippen LogP contribution in [0.15, 0.2) is 0 Å². The van der Waals surface area contributed by atoms with Crippen LogP contribution in [-0.2, 0) is 17.6 Å². The third-order valence-electron chi connectivity index (χ3n) is 2.02. The molecule has 0 unspecified atom stereocenters. The van der Waals surface area contributed by atoms with Crippen molar-refractivity contribution in [3.8, 4) is 0 Å². The molecule has 1 heterocycles. The maximum absolute atomic E-state index is 11.3. The van der Waals surface area contributed by atoms with Gasteiger partial charge in [0.05, 0.1) is 20.7 Å². The van der Waals surface area contributed by atoms with Crippen molar-refractivity contribution in [3.05, 3.63) is 11.0 Å². The van der Waals surface area contributed by atoms with Gasteiger partial charge in [-0.15, -0.1) is 4.44 Å². The highest BCUT2D eigenvalue weighted by Gasteiger charge is 2.18. The zero-order chi connectivity index (χ0) is 9.26. The molecule has 0 bridgehead atoms. The maximum atomic E-state index is 11.3. The third-order valence-corrected chi connectivity index (χ3v) is 3.19. The molecule has 13 heavy (non-hydrogen) atoms. The van der Waals surface area contributed by atoms with E-state index in [1.807, 2.05) is 0 Å². The Labute approximate surface area is 78.1 Å². The molecule has 2 rings (SSSR count). The Hall–Kier alpha value is -0.890. The van der Waals surface area contributed by atoms with Gasteiger partial charge < -0.3 is 4.74 Å². The first-order valence-electron chi connectivity index (χ1n) is 4.43. The lowest BCUT2D eigenvalue weighted by Gasteiger charge is -1.98. The number of hydrogen-bond donors (Lipinski definition) is 0. The fourth-order valence-corrected chi connectivity index (χ4v) is 2.49. The minimum Gasteiger partial charge on any atom is -0.448 e. The normalized spacial score (nSPS) is 14.8. The van der Waals surface area contributed by atoms with Gasteiger partial charge >= 0.3 is 6.09 Å². The number of hydrogen-bond acceptors (Lipinski definition) is 3. The van der Waals surface area contributed by atoms with Gasteiger partial charge in [0.2, 0.25) is 0 Å². The molecule has 0 saturated heterocycles. The lowest BCUT2D eigenvalue weighted by molar-refractivity contribution is 0.153. The lowest BCUT2D eigenvalue weighted by Crippen LogP contribution is -2.12. The van der Waals surface area contributed by atoms with Gasteiger partial charge in [0, 0.05) is 5.30 Å². The van der Waals surface area contributed by atoms with E-state index in [0.717, 1.165) is 26.9 Å². The summed E-state index contributed by atoms with van der Waals surface area (Å²) < 4.78 is 6.25. The monoisotopic (exact) mass is 198 g/mol. The second-order valence-corrected chi connectivity index (χ2v) is 4.05. The van der Waals surface area contributed by atoms with Crippen molar-refractivity contribution >= 4 is 14.4 Å². The minimum atomic E-state index is -0.335. The van der Waals surface area contributed by atoms with Crippen molar-refractivity contribution in [2.45, 2.75) is 26.2 Å². The number of rotatable bonds is 1. The summed E-state index contributed by atoms with van der Waals surface area (Å²) in [6.45, 7) is 2.21. The van der Waals surface area contributed by atoms with Crippen molar-refractivity contribution < 1.29 is 9.53 Å². The molecule has 0 aromatic carbocycles. The van der Waals surface area contributed by atoms with Crippen LogP contribution < -0.4 is 0 Å². The molecule has 5 heteroatoms. The molecule has 70 valence electrons. The molecule has 1 aromatic rings. The lowest BCUT2D eigenvalue weighted by atomic mass is 10.4. The Kier molecular flexibility index (Phi) is 2.32. The summed E-state index contributed by atoms with van der Waals surface area (Å²) in [6, 6.07) is 0. The van der Waals surface area contributed by atoms with E-state index in [-0.39, 0.29) is 6.09 Å². The van der Waals surface area contributed by atoms with Crippen molar-refractivity contribution in [3.63, 3.8) is 0 Å². The van der Waals surface area contributed by atoms with Crippen LogP contribution in [0.1, 0.15) is 24.3 Å². The first kappa shape index (κ1) is 8.70. The van der Waals surface area contributed by atoms with E-state index in [9.17, 15) is 4.79 Å². The van der Waals surface area contributed by atoms with E-state index in [2.05, 4.69) is 5.10 Å². The first-order valence-corrected chi connectivity index (χ1v) is 5.28. The van der Waals surface area contributed by atoms with Gasteiger partial charge in [-0.2, -0.15) is 5.10 Å². The van der Waals surface area contributed by atoms with Crippen molar-refractivity contribution in [2.75, 3.05) is 6.61 Å². The van der Waals surface area contributed by atoms with Crippen LogP contribution >= 0.6 is 8.35 Å². The number of fused-ring (bicyclic) bond motifs is 1. The summed E-state index contributed by atoms with van der Waals surface area (Å²) in [6.07, 6.45) is 2.94. The largest absolute Gasteiger partial charge is 0.448 e. The van der Waals surface area contributed by atoms with Gasteiger partial charge in [-0.1, -0.05) is 0 Å². The molecule has 0 fully saturated rings. The van der Waals surface area contributed by atoms with Crippen molar-refractivity contribution in [2.24, 2.45) is 0 Å². The van der Waals surface area contributed by atoms with Crippen LogP contribution in [0.4, 0.5) is 4.79 Å². The minimum absolute atomic E-state index is 0.335. The smallest absolute Gasteiger partial charge is 0.438 e. The highest BCUT2D eigenvalue weighted by Crippen LogP contribution is 2.27. The van der Waals surface area contributed by atoms with Crippen molar-refractivity contribution in [1.82, 2.24) is 9.54 Å². The van der Waals surface area contributed by atoms with E-state index in [1.54, 1.807) is 6.92 Å². The molecule has 1 aromatic heterocycles. The van der Waals surface area contributed by atoms with E-state index in [1.165, 1.54) is 16.2 Å². The molecule has 1 aliphatic carbocycles. The Morgan fingerprint density at radius 3 is 3.23 bits per heavy atom. The molecule has 0 saturated carbocycles. The van der Waals surface area contributed by atoms with Gasteiger partial charge in [0.1, 0.15) is 0 Å². The topological polar surface area (TPSA) is 44.1 Å². The second-order valence-electron chi connectivity index (χ2n) is 2.94. The van der Waals surface area contributed by atoms with Crippen LogP contribution in [-0.4, -0.2) is 22.2 Å². The number of ether oxygens (including phenoxy) is 1. The maximum Gasteiger partial charge on any atom is 0.438 e.